The van der Waals surface area contributed by atoms with Crippen LogP contribution in [0.4, 0.5) is 0 Å². The summed E-state index contributed by atoms with van der Waals surface area (Å²) in [5.41, 5.74) is 9.14. The number of phenolic OH excluding ortho intramolecular Hbond substituents is 1. The highest BCUT2D eigenvalue weighted by Gasteiger charge is 2.39. The maximum atomic E-state index is 12.9. The van der Waals surface area contributed by atoms with E-state index in [1.165, 1.54) is 6.92 Å². The lowest BCUT2D eigenvalue weighted by molar-refractivity contribution is -0.123. The predicted octanol–water partition coefficient (Wildman–Crippen LogP) is 4.42. The Kier molecular flexibility index (Phi) is 8.75. The van der Waals surface area contributed by atoms with Crippen molar-refractivity contribution in [3.63, 3.8) is 0 Å². The number of hydrogen-bond acceptors (Lipinski definition) is 6. The number of allylic oxidation sites excluding steroid dienone is 1. The van der Waals surface area contributed by atoms with Gasteiger partial charge in [0, 0.05) is 29.2 Å². The van der Waals surface area contributed by atoms with Crippen molar-refractivity contribution in [3.05, 3.63) is 94.1 Å². The number of aromatic hydroxyl groups is 1. The first kappa shape index (κ1) is 28.4. The number of halogens is 1. The van der Waals surface area contributed by atoms with Crippen LogP contribution < -0.4 is 11.1 Å². The molecule has 0 aromatic heterocycles. The zero-order valence-corrected chi connectivity index (χ0v) is 23.0. The van der Waals surface area contributed by atoms with Gasteiger partial charge in [0.25, 0.3) is 0 Å². The number of nitrogens with two attached hydrogens (primary N) is 1. The van der Waals surface area contributed by atoms with Crippen LogP contribution in [0.3, 0.4) is 0 Å². The third-order valence-corrected chi connectivity index (χ3v) is 7.43. The average Bonchev–Trinajstić information content (AvgIpc) is 2.90. The first-order valence-corrected chi connectivity index (χ1v) is 13.3. The Morgan fingerprint density at radius 2 is 1.85 bits per heavy atom. The highest BCUT2D eigenvalue weighted by Crippen LogP contribution is 2.37. The number of nitrogens with zero attached hydrogens (tertiary/aromatic N) is 1. The Morgan fingerprint density at radius 1 is 1.10 bits per heavy atom. The molecule has 0 radical (unpaired) electrons. The maximum absolute atomic E-state index is 12.9. The summed E-state index contributed by atoms with van der Waals surface area (Å²) in [5, 5.41) is 24.9. The number of phenols is 1. The number of rotatable bonds is 8. The second-order valence-corrected chi connectivity index (χ2v) is 10.6. The number of aliphatic hydroxyl groups is 1. The van der Waals surface area contributed by atoms with E-state index in [1.54, 1.807) is 24.3 Å². The summed E-state index contributed by atoms with van der Waals surface area (Å²) in [6, 6.07) is 19.9. The molecule has 7 nitrogen and oxygen atoms in total. The minimum atomic E-state index is -1.48. The zero-order valence-electron chi connectivity index (χ0n) is 22.2. The van der Waals surface area contributed by atoms with Crippen LogP contribution in [-0.4, -0.2) is 52.0 Å². The van der Waals surface area contributed by atoms with Crippen molar-refractivity contribution >= 4 is 28.9 Å². The number of β-amino-alcohol motifs (C(OH)–C–C–N with tert-alkyl or cyclic N) is 1. The van der Waals surface area contributed by atoms with Gasteiger partial charge in [-0.25, -0.2) is 0 Å². The van der Waals surface area contributed by atoms with Gasteiger partial charge in [-0.05, 0) is 79.8 Å². The molecule has 1 heterocycles. The summed E-state index contributed by atoms with van der Waals surface area (Å²) in [6.45, 7) is 4.56. The van der Waals surface area contributed by atoms with Crippen molar-refractivity contribution in [2.24, 2.45) is 5.73 Å². The summed E-state index contributed by atoms with van der Waals surface area (Å²) in [4.78, 5) is 27.4. The number of ketones is 1. The molecule has 1 unspecified atom stereocenters. The molecule has 1 saturated heterocycles. The number of likely N-dealkylation sites (tertiary alicyclic amines) is 1. The van der Waals surface area contributed by atoms with Crippen LogP contribution in [-0.2, 0) is 16.1 Å². The Balaban J connectivity index is 1.57. The van der Waals surface area contributed by atoms with Gasteiger partial charge in [0.05, 0.1) is 12.2 Å². The van der Waals surface area contributed by atoms with Crippen molar-refractivity contribution in [1.82, 2.24) is 10.2 Å². The minimum absolute atomic E-state index is 0.0775. The molecule has 204 valence electrons. The number of hydrogen-bond donors (Lipinski definition) is 4. The summed E-state index contributed by atoms with van der Waals surface area (Å²) >= 11 is 6.65. The van der Waals surface area contributed by atoms with E-state index in [1.807, 2.05) is 54.3 Å². The van der Waals surface area contributed by atoms with E-state index in [0.29, 0.717) is 42.1 Å². The van der Waals surface area contributed by atoms with Gasteiger partial charge in [0.1, 0.15) is 11.4 Å². The van der Waals surface area contributed by atoms with Gasteiger partial charge in [-0.15, -0.1) is 0 Å². The lowest BCUT2D eigenvalue weighted by atomic mass is 9.83. The number of benzene rings is 3. The fraction of sp³-hybridized carbons (Fsp3) is 0.290. The highest BCUT2D eigenvalue weighted by molar-refractivity contribution is 6.34. The molecule has 3 aromatic rings. The topological polar surface area (TPSA) is 116 Å². The summed E-state index contributed by atoms with van der Waals surface area (Å²) in [5.74, 6) is -0.317. The van der Waals surface area contributed by atoms with Crippen molar-refractivity contribution in [3.8, 4) is 16.9 Å². The van der Waals surface area contributed by atoms with Crippen molar-refractivity contribution < 1.29 is 19.8 Å². The number of carbonyl (C=O) groups is 2. The standard InChI is InChI=1S/C31H34ClN3O4/c1-20-14-26(23-10-6-11-24(37)15-23)27(32)16-25(20)29(21(2)36)30(33)31(39)12-7-13-35(19-31)18-28(38)34-17-22-8-4-3-5-9-22/h3-6,8-11,14-16,37,39H,7,12-13,17-19,33H2,1-2H3,(H,34,38)/b30-29-. The lowest BCUT2D eigenvalue weighted by Gasteiger charge is -2.40. The molecule has 0 bridgehead atoms. The lowest BCUT2D eigenvalue weighted by Crippen LogP contribution is -2.53. The van der Waals surface area contributed by atoms with Crippen LogP contribution in [0, 0.1) is 6.92 Å². The Morgan fingerprint density at radius 3 is 2.54 bits per heavy atom. The summed E-state index contributed by atoms with van der Waals surface area (Å²) in [7, 11) is 0. The molecule has 1 aliphatic heterocycles. The number of piperidine rings is 1. The van der Waals surface area contributed by atoms with Gasteiger partial charge >= 0.3 is 0 Å². The second kappa shape index (κ2) is 12.0. The van der Waals surface area contributed by atoms with Gasteiger partial charge in [-0.3, -0.25) is 14.5 Å². The normalized spacial score (nSPS) is 18.4. The van der Waals surface area contributed by atoms with Crippen molar-refractivity contribution in [2.75, 3.05) is 19.6 Å². The fourth-order valence-corrected chi connectivity index (χ4v) is 5.41. The number of carbonyl (C=O) groups excluding carboxylic acids is 2. The molecule has 1 fully saturated rings. The third kappa shape index (κ3) is 6.68. The molecule has 3 aromatic carbocycles. The molecular formula is C31H34ClN3O4. The van der Waals surface area contributed by atoms with E-state index in [2.05, 4.69) is 5.32 Å². The second-order valence-electron chi connectivity index (χ2n) is 10.2. The van der Waals surface area contributed by atoms with E-state index in [-0.39, 0.29) is 41.8 Å². The molecule has 1 atom stereocenters. The SMILES string of the molecule is CC(=O)/C(=C(/N)C1(O)CCCN(CC(=O)NCc2ccccc2)C1)c1cc(Cl)c(-c2cccc(O)c2)cc1C. The Labute approximate surface area is 233 Å². The van der Waals surface area contributed by atoms with E-state index >= 15 is 0 Å². The van der Waals surface area contributed by atoms with Crippen LogP contribution in [0.5, 0.6) is 5.75 Å². The average molecular weight is 548 g/mol. The fourth-order valence-electron chi connectivity index (χ4n) is 5.14. The molecule has 0 aliphatic carbocycles. The number of amides is 1. The van der Waals surface area contributed by atoms with Gasteiger partial charge in [-0.2, -0.15) is 0 Å². The van der Waals surface area contributed by atoms with E-state index in [0.717, 1.165) is 16.7 Å². The molecule has 4 rings (SSSR count). The Bertz CT molecular complexity index is 1410. The zero-order chi connectivity index (χ0) is 28.2. The molecule has 1 amide bonds. The van der Waals surface area contributed by atoms with E-state index < -0.39 is 5.60 Å². The first-order chi connectivity index (χ1) is 18.6. The number of aryl methyl sites for hydroxylation is 1. The molecule has 8 heteroatoms. The van der Waals surface area contributed by atoms with Crippen molar-refractivity contribution in [2.45, 2.75) is 38.8 Å². The van der Waals surface area contributed by atoms with Gasteiger partial charge in [0.15, 0.2) is 5.78 Å². The molecule has 39 heavy (non-hydrogen) atoms. The van der Waals surface area contributed by atoms with Gasteiger partial charge in [0.2, 0.25) is 5.91 Å². The van der Waals surface area contributed by atoms with Gasteiger partial charge < -0.3 is 21.3 Å². The number of Topliss-reactive ketones (excluding diaryl/α,β-unsaturated/α-hetero) is 1. The smallest absolute Gasteiger partial charge is 0.234 e. The van der Waals surface area contributed by atoms with E-state index in [9.17, 15) is 19.8 Å². The molecule has 0 saturated carbocycles. The van der Waals surface area contributed by atoms with Crippen LogP contribution in [0.15, 0.2) is 72.4 Å². The third-order valence-electron chi connectivity index (χ3n) is 7.11. The largest absolute Gasteiger partial charge is 0.508 e. The maximum Gasteiger partial charge on any atom is 0.234 e. The van der Waals surface area contributed by atoms with Crippen LogP contribution >= 0.6 is 11.6 Å². The van der Waals surface area contributed by atoms with Crippen LogP contribution in [0.2, 0.25) is 5.02 Å². The van der Waals surface area contributed by atoms with Crippen molar-refractivity contribution in [1.29, 1.82) is 0 Å². The van der Waals surface area contributed by atoms with Crippen LogP contribution in [0.25, 0.3) is 16.7 Å². The molecule has 1 aliphatic rings. The number of nitrogens with one attached hydrogen (secondary N) is 1. The minimum Gasteiger partial charge on any atom is -0.508 e. The monoisotopic (exact) mass is 547 g/mol. The molecule has 5 N–H and O–H groups in total. The quantitative estimate of drug-likeness (QED) is 0.310. The Hall–Kier alpha value is -3.65. The van der Waals surface area contributed by atoms with Crippen LogP contribution in [0.1, 0.15) is 36.5 Å². The van der Waals surface area contributed by atoms with Gasteiger partial charge in [-0.1, -0.05) is 54.1 Å². The predicted molar refractivity (Wildman–Crippen MR) is 154 cm³/mol. The molecule has 0 spiro atoms. The highest BCUT2D eigenvalue weighted by atomic mass is 35.5. The summed E-state index contributed by atoms with van der Waals surface area (Å²) < 4.78 is 0. The summed E-state index contributed by atoms with van der Waals surface area (Å²) in [6.07, 6.45) is 0.983. The molecular weight excluding hydrogens is 514 g/mol. The first-order valence-electron chi connectivity index (χ1n) is 12.9. The van der Waals surface area contributed by atoms with E-state index in [4.69, 9.17) is 17.3 Å².